The number of benzene rings is 1. The number of amides is 2. The summed E-state index contributed by atoms with van der Waals surface area (Å²) >= 11 is 12.4. The number of nitrogens with zero attached hydrogens (tertiary/aromatic N) is 3. The molecule has 1 atom stereocenters. The average Bonchev–Trinajstić information content (AvgIpc) is 3.19. The second kappa shape index (κ2) is 7.17. The first-order valence-electron chi connectivity index (χ1n) is 8.04. The van der Waals surface area contributed by atoms with Gasteiger partial charge in [0.1, 0.15) is 5.82 Å². The second-order valence-electron chi connectivity index (χ2n) is 6.54. The van der Waals surface area contributed by atoms with Crippen molar-refractivity contribution in [2.24, 2.45) is 5.41 Å². The molecule has 1 saturated heterocycles. The molecule has 0 radical (unpaired) electrons. The Hall–Kier alpha value is -2.25. The number of aromatic nitrogens is 2. The molecule has 0 spiro atoms. The van der Waals surface area contributed by atoms with Crippen LogP contribution in [0.15, 0.2) is 30.5 Å². The lowest BCUT2D eigenvalue weighted by Gasteiger charge is -2.20. The van der Waals surface area contributed by atoms with Gasteiger partial charge in [-0.05, 0) is 25.5 Å². The van der Waals surface area contributed by atoms with Crippen LogP contribution in [-0.2, 0) is 11.3 Å². The van der Waals surface area contributed by atoms with Crippen LogP contribution in [0.25, 0.3) is 0 Å². The molecule has 0 saturated carbocycles. The van der Waals surface area contributed by atoms with E-state index in [-0.39, 0.29) is 12.6 Å². The number of aliphatic carboxylic acids is 1. The van der Waals surface area contributed by atoms with Gasteiger partial charge in [0.15, 0.2) is 0 Å². The van der Waals surface area contributed by atoms with E-state index in [1.54, 1.807) is 42.1 Å². The van der Waals surface area contributed by atoms with Crippen molar-refractivity contribution in [2.75, 3.05) is 18.4 Å². The summed E-state index contributed by atoms with van der Waals surface area (Å²) in [6.45, 7) is 2.50. The van der Waals surface area contributed by atoms with E-state index in [1.807, 2.05) is 0 Å². The number of nitrogens with one attached hydrogen (secondary N) is 1. The number of halogens is 2. The molecule has 1 aliphatic rings. The van der Waals surface area contributed by atoms with Gasteiger partial charge in [0.05, 0.1) is 18.2 Å². The van der Waals surface area contributed by atoms with Crippen LogP contribution < -0.4 is 5.32 Å². The number of carboxylic acids is 1. The fourth-order valence-corrected chi connectivity index (χ4v) is 3.41. The summed E-state index contributed by atoms with van der Waals surface area (Å²) in [5, 5.41) is 17.3. The van der Waals surface area contributed by atoms with Gasteiger partial charge in [0.25, 0.3) is 0 Å². The van der Waals surface area contributed by atoms with Gasteiger partial charge in [-0.2, -0.15) is 5.10 Å². The minimum Gasteiger partial charge on any atom is -0.481 e. The van der Waals surface area contributed by atoms with E-state index in [9.17, 15) is 14.7 Å². The first kappa shape index (κ1) is 18.5. The number of rotatable bonds is 4. The maximum Gasteiger partial charge on any atom is 0.323 e. The van der Waals surface area contributed by atoms with Gasteiger partial charge in [-0.15, -0.1) is 0 Å². The number of carboxylic acid groups (broad SMARTS) is 1. The largest absolute Gasteiger partial charge is 0.481 e. The number of hydrogen-bond acceptors (Lipinski definition) is 3. The van der Waals surface area contributed by atoms with E-state index in [1.165, 1.54) is 4.90 Å². The van der Waals surface area contributed by atoms with E-state index in [0.29, 0.717) is 40.9 Å². The summed E-state index contributed by atoms with van der Waals surface area (Å²) in [6, 6.07) is 6.53. The molecule has 2 amide bonds. The number of carbonyl (C=O) groups is 2. The maximum absolute atomic E-state index is 12.5. The van der Waals surface area contributed by atoms with Gasteiger partial charge in [-0.1, -0.05) is 29.3 Å². The van der Waals surface area contributed by atoms with Crippen molar-refractivity contribution in [1.82, 2.24) is 14.7 Å². The van der Waals surface area contributed by atoms with Crippen molar-refractivity contribution in [3.63, 3.8) is 0 Å². The van der Waals surface area contributed by atoms with E-state index >= 15 is 0 Å². The van der Waals surface area contributed by atoms with Gasteiger partial charge < -0.3 is 10.0 Å². The van der Waals surface area contributed by atoms with Crippen LogP contribution in [0.5, 0.6) is 0 Å². The third kappa shape index (κ3) is 3.64. The molecule has 1 fully saturated rings. The molecular formula is C17H18Cl2N4O3. The van der Waals surface area contributed by atoms with Crippen molar-refractivity contribution in [2.45, 2.75) is 19.9 Å². The van der Waals surface area contributed by atoms with Gasteiger partial charge in [-0.25, -0.2) is 9.48 Å². The third-order valence-corrected chi connectivity index (χ3v) is 5.31. The monoisotopic (exact) mass is 396 g/mol. The first-order chi connectivity index (χ1) is 12.3. The van der Waals surface area contributed by atoms with Crippen LogP contribution in [0.1, 0.15) is 18.9 Å². The molecule has 138 valence electrons. The molecule has 1 aromatic heterocycles. The molecule has 1 aliphatic heterocycles. The number of likely N-dealkylation sites (tertiary alicyclic amines) is 1. The Morgan fingerprint density at radius 2 is 2.00 bits per heavy atom. The van der Waals surface area contributed by atoms with Crippen LogP contribution >= 0.6 is 23.2 Å². The summed E-state index contributed by atoms with van der Waals surface area (Å²) in [5.74, 6) is -0.416. The molecule has 9 heteroatoms. The highest BCUT2D eigenvalue weighted by atomic mass is 35.5. The Labute approximate surface area is 160 Å². The predicted octanol–water partition coefficient (Wildman–Crippen LogP) is 3.57. The fourth-order valence-electron chi connectivity index (χ4n) is 2.90. The minimum absolute atomic E-state index is 0.165. The molecule has 1 aromatic carbocycles. The lowest BCUT2D eigenvalue weighted by molar-refractivity contribution is -0.146. The predicted molar refractivity (Wildman–Crippen MR) is 98.7 cm³/mol. The van der Waals surface area contributed by atoms with Crippen molar-refractivity contribution in [1.29, 1.82) is 0 Å². The molecule has 2 heterocycles. The van der Waals surface area contributed by atoms with E-state index in [4.69, 9.17) is 23.2 Å². The lowest BCUT2D eigenvalue weighted by Crippen LogP contribution is -2.37. The Balaban J connectivity index is 1.72. The van der Waals surface area contributed by atoms with Crippen LogP contribution in [0, 0.1) is 5.41 Å². The number of anilines is 1. The highest BCUT2D eigenvalue weighted by Gasteiger charge is 2.42. The second-order valence-corrected chi connectivity index (χ2v) is 7.36. The molecule has 1 unspecified atom stereocenters. The van der Waals surface area contributed by atoms with Crippen LogP contribution in [0.4, 0.5) is 10.6 Å². The van der Waals surface area contributed by atoms with E-state index in [0.717, 1.165) is 0 Å². The minimum atomic E-state index is -0.914. The lowest BCUT2D eigenvalue weighted by atomic mass is 9.90. The zero-order valence-corrected chi connectivity index (χ0v) is 15.6. The molecule has 0 bridgehead atoms. The molecule has 3 rings (SSSR count). The molecule has 7 nitrogen and oxygen atoms in total. The molecule has 2 N–H and O–H groups in total. The normalized spacial score (nSPS) is 19.6. The van der Waals surface area contributed by atoms with Crippen molar-refractivity contribution in [3.05, 3.63) is 46.1 Å². The van der Waals surface area contributed by atoms with Crippen LogP contribution in [0.3, 0.4) is 0 Å². The zero-order chi connectivity index (χ0) is 18.9. The van der Waals surface area contributed by atoms with Gasteiger partial charge in [-0.3, -0.25) is 10.1 Å². The van der Waals surface area contributed by atoms with E-state index in [2.05, 4.69) is 10.4 Å². The van der Waals surface area contributed by atoms with Gasteiger partial charge >= 0.3 is 12.0 Å². The zero-order valence-electron chi connectivity index (χ0n) is 14.1. The van der Waals surface area contributed by atoms with Crippen LogP contribution in [0.2, 0.25) is 10.0 Å². The maximum atomic E-state index is 12.5. The smallest absolute Gasteiger partial charge is 0.323 e. The van der Waals surface area contributed by atoms with Crippen molar-refractivity contribution < 1.29 is 14.7 Å². The Kier molecular flexibility index (Phi) is 5.11. The van der Waals surface area contributed by atoms with Gasteiger partial charge in [0, 0.05) is 34.8 Å². The fraction of sp³-hybridized carbons (Fsp3) is 0.353. The van der Waals surface area contributed by atoms with E-state index < -0.39 is 11.4 Å². The number of hydrogen-bond donors (Lipinski definition) is 2. The summed E-state index contributed by atoms with van der Waals surface area (Å²) in [4.78, 5) is 25.3. The van der Waals surface area contributed by atoms with Crippen molar-refractivity contribution in [3.8, 4) is 0 Å². The third-order valence-electron chi connectivity index (χ3n) is 4.60. The number of carbonyl (C=O) groups excluding carboxylic acids is 1. The molecular weight excluding hydrogens is 379 g/mol. The Bertz CT molecular complexity index is 834. The number of urea groups is 1. The highest BCUT2D eigenvalue weighted by molar-refractivity contribution is 6.35. The Morgan fingerprint density at radius 3 is 2.62 bits per heavy atom. The quantitative estimate of drug-likeness (QED) is 0.826. The molecule has 0 aliphatic carbocycles. The first-order valence-corrected chi connectivity index (χ1v) is 8.80. The molecule has 26 heavy (non-hydrogen) atoms. The summed E-state index contributed by atoms with van der Waals surface area (Å²) in [6.07, 6.45) is 1.98. The average molecular weight is 397 g/mol. The van der Waals surface area contributed by atoms with Gasteiger partial charge in [0.2, 0.25) is 0 Å². The highest BCUT2D eigenvalue weighted by Crippen LogP contribution is 2.30. The SMILES string of the molecule is CC1(C(=O)O)CCN(C(=O)Nc2ccnn2Cc2c(Cl)cccc2Cl)C1. The standard InChI is InChI=1S/C17H18Cl2N4O3/c1-17(15(24)25)6-8-22(10-17)16(26)21-14-5-7-20-23(14)9-11-12(18)3-2-4-13(11)19/h2-5,7H,6,8-10H2,1H3,(H,21,26)(H,24,25). The summed E-state index contributed by atoms with van der Waals surface area (Å²) in [7, 11) is 0. The Morgan fingerprint density at radius 1 is 1.31 bits per heavy atom. The summed E-state index contributed by atoms with van der Waals surface area (Å²) < 4.78 is 1.58. The molecule has 2 aromatic rings. The topological polar surface area (TPSA) is 87.5 Å². The van der Waals surface area contributed by atoms with Crippen molar-refractivity contribution >= 4 is 41.0 Å². The van der Waals surface area contributed by atoms with Crippen LogP contribution in [-0.4, -0.2) is 44.9 Å². The summed E-state index contributed by atoms with van der Waals surface area (Å²) in [5.41, 5.74) is -0.211.